The summed E-state index contributed by atoms with van der Waals surface area (Å²) in [7, 11) is 0. The average molecular weight is 290 g/mol. The second-order valence-electron chi connectivity index (χ2n) is 4.95. The Kier molecular flexibility index (Phi) is 4.21. The minimum Gasteiger partial charge on any atom is -0.309 e. The van der Waals surface area contributed by atoms with E-state index in [0.29, 0.717) is 12.0 Å². The number of fused-ring (bicyclic) bond motifs is 1. The van der Waals surface area contributed by atoms with Crippen LogP contribution in [0, 0.1) is 0 Å². The van der Waals surface area contributed by atoms with Gasteiger partial charge in [-0.15, -0.1) is 11.3 Å². The molecule has 4 heteroatoms. The van der Waals surface area contributed by atoms with Gasteiger partial charge in [0, 0.05) is 41.6 Å². The van der Waals surface area contributed by atoms with Crippen LogP contribution in [0.15, 0.2) is 35.8 Å². The lowest BCUT2D eigenvalue weighted by Gasteiger charge is -2.27. The Morgan fingerprint density at radius 3 is 3.16 bits per heavy atom. The molecule has 100 valence electrons. The molecule has 0 radical (unpaired) electrons. The second-order valence-corrected chi connectivity index (χ2v) is 6.90. The molecule has 2 nitrogen and oxygen atoms in total. The molecule has 1 aromatic carbocycles. The predicted molar refractivity (Wildman–Crippen MR) is 83.9 cm³/mol. The monoisotopic (exact) mass is 290 g/mol. The highest BCUT2D eigenvalue weighted by molar-refractivity contribution is 7.98. The number of nitrogens with zero attached hydrogens (tertiary/aromatic N) is 1. The van der Waals surface area contributed by atoms with Crippen LogP contribution in [0.4, 0.5) is 0 Å². The van der Waals surface area contributed by atoms with Crippen LogP contribution in [-0.2, 0) is 5.75 Å². The van der Waals surface area contributed by atoms with E-state index >= 15 is 0 Å². The van der Waals surface area contributed by atoms with Gasteiger partial charge in [0.1, 0.15) is 0 Å². The topological polar surface area (TPSA) is 24.9 Å². The lowest BCUT2D eigenvalue weighted by atomic mass is 10.0. The molecule has 2 heterocycles. The first-order chi connectivity index (χ1) is 9.34. The van der Waals surface area contributed by atoms with Gasteiger partial charge in [-0.05, 0) is 11.1 Å². The summed E-state index contributed by atoms with van der Waals surface area (Å²) in [5.74, 6) is 2.80. The zero-order valence-electron chi connectivity index (χ0n) is 11.0. The molecule has 1 N–H and O–H groups in total. The van der Waals surface area contributed by atoms with Gasteiger partial charge in [-0.1, -0.05) is 31.2 Å². The minimum atomic E-state index is 0.484. The summed E-state index contributed by atoms with van der Waals surface area (Å²) in [5.41, 5.74) is 2.96. The van der Waals surface area contributed by atoms with E-state index in [0.717, 1.165) is 12.3 Å². The summed E-state index contributed by atoms with van der Waals surface area (Å²) in [5, 5.41) is 6.99. The fraction of sp³-hybridized carbons (Fsp3) is 0.400. The van der Waals surface area contributed by atoms with E-state index in [9.17, 15) is 0 Å². The Morgan fingerprint density at radius 2 is 2.32 bits per heavy atom. The normalized spacial score (nSPS) is 19.9. The third-order valence-electron chi connectivity index (χ3n) is 3.52. The van der Waals surface area contributed by atoms with Crippen molar-refractivity contribution in [3.63, 3.8) is 0 Å². The van der Waals surface area contributed by atoms with Gasteiger partial charge in [-0.3, -0.25) is 0 Å². The van der Waals surface area contributed by atoms with Crippen molar-refractivity contribution in [1.29, 1.82) is 0 Å². The molecule has 19 heavy (non-hydrogen) atoms. The summed E-state index contributed by atoms with van der Waals surface area (Å²) in [6, 6.07) is 9.28. The Balaban J connectivity index is 1.65. The summed E-state index contributed by atoms with van der Waals surface area (Å²) < 4.78 is 0. The number of hydrogen-bond donors (Lipinski definition) is 1. The lowest BCUT2D eigenvalue weighted by molar-refractivity contribution is 0.537. The molecule has 0 aliphatic carbocycles. The van der Waals surface area contributed by atoms with Crippen LogP contribution in [0.25, 0.3) is 0 Å². The van der Waals surface area contributed by atoms with E-state index < -0.39 is 0 Å². The maximum absolute atomic E-state index is 4.40. The summed E-state index contributed by atoms with van der Waals surface area (Å²) in [6.07, 6.45) is 1.89. The SMILES string of the molecule is CC(CNC1CSCc2ccccc21)c1nccs1. The van der Waals surface area contributed by atoms with Crippen molar-refractivity contribution < 1.29 is 0 Å². The quantitative estimate of drug-likeness (QED) is 0.926. The van der Waals surface area contributed by atoms with Gasteiger partial charge in [-0.25, -0.2) is 4.98 Å². The molecule has 0 saturated carbocycles. The first-order valence-electron chi connectivity index (χ1n) is 6.63. The Labute approximate surface area is 122 Å². The van der Waals surface area contributed by atoms with Crippen LogP contribution in [0.2, 0.25) is 0 Å². The van der Waals surface area contributed by atoms with Crippen molar-refractivity contribution in [2.45, 2.75) is 24.6 Å². The fourth-order valence-electron chi connectivity index (χ4n) is 2.44. The zero-order valence-corrected chi connectivity index (χ0v) is 12.6. The fourth-order valence-corrected chi connectivity index (χ4v) is 4.27. The Morgan fingerprint density at radius 1 is 1.42 bits per heavy atom. The molecule has 0 fully saturated rings. The highest BCUT2D eigenvalue weighted by Gasteiger charge is 2.20. The maximum atomic E-state index is 4.40. The molecule has 1 aromatic heterocycles. The molecule has 0 amide bonds. The molecular weight excluding hydrogens is 272 g/mol. The minimum absolute atomic E-state index is 0.484. The summed E-state index contributed by atoms with van der Waals surface area (Å²) >= 11 is 3.77. The number of nitrogens with one attached hydrogen (secondary N) is 1. The third kappa shape index (κ3) is 3.02. The molecule has 1 aliphatic heterocycles. The van der Waals surface area contributed by atoms with Gasteiger partial charge >= 0.3 is 0 Å². The maximum Gasteiger partial charge on any atom is 0.0965 e. The van der Waals surface area contributed by atoms with Crippen LogP contribution >= 0.6 is 23.1 Å². The van der Waals surface area contributed by atoms with Crippen LogP contribution in [-0.4, -0.2) is 17.3 Å². The van der Waals surface area contributed by atoms with Gasteiger partial charge in [0.25, 0.3) is 0 Å². The third-order valence-corrected chi connectivity index (χ3v) is 5.61. The molecule has 0 saturated heterocycles. The Bertz CT molecular complexity index is 525. The molecular formula is C15H18N2S2. The number of thiazole rings is 1. The standard InChI is InChI=1S/C15H18N2S2/c1-11(15-16-6-7-19-15)8-17-14-10-18-9-12-4-2-3-5-13(12)14/h2-7,11,14,17H,8-10H2,1H3. The van der Waals surface area contributed by atoms with Crippen LogP contribution in [0.5, 0.6) is 0 Å². The second kappa shape index (κ2) is 6.07. The van der Waals surface area contributed by atoms with Crippen molar-refractivity contribution in [3.8, 4) is 0 Å². The molecule has 2 unspecified atom stereocenters. The van der Waals surface area contributed by atoms with E-state index in [4.69, 9.17) is 0 Å². The smallest absolute Gasteiger partial charge is 0.0965 e. The average Bonchev–Trinajstić information content (AvgIpc) is 2.99. The van der Waals surface area contributed by atoms with Crippen LogP contribution in [0.1, 0.15) is 35.0 Å². The molecule has 0 spiro atoms. The molecule has 1 aliphatic rings. The van der Waals surface area contributed by atoms with Crippen LogP contribution < -0.4 is 5.32 Å². The molecule has 0 bridgehead atoms. The first kappa shape index (κ1) is 13.2. The van der Waals surface area contributed by atoms with Crippen LogP contribution in [0.3, 0.4) is 0 Å². The van der Waals surface area contributed by atoms with Crippen molar-refractivity contribution in [2.24, 2.45) is 0 Å². The summed E-state index contributed by atoms with van der Waals surface area (Å²) in [4.78, 5) is 4.40. The highest BCUT2D eigenvalue weighted by Crippen LogP contribution is 2.31. The van der Waals surface area contributed by atoms with Gasteiger partial charge in [0.05, 0.1) is 5.01 Å². The van der Waals surface area contributed by atoms with Gasteiger partial charge in [0.15, 0.2) is 0 Å². The molecule has 3 rings (SSSR count). The van der Waals surface area contributed by atoms with E-state index in [2.05, 4.69) is 46.9 Å². The number of thioether (sulfide) groups is 1. The number of rotatable bonds is 4. The van der Waals surface area contributed by atoms with Crippen molar-refractivity contribution >= 4 is 23.1 Å². The van der Waals surface area contributed by atoms with Crippen molar-refractivity contribution in [3.05, 3.63) is 52.0 Å². The van der Waals surface area contributed by atoms with Crippen molar-refractivity contribution in [2.75, 3.05) is 12.3 Å². The number of benzene rings is 1. The van der Waals surface area contributed by atoms with E-state index in [1.807, 2.05) is 18.0 Å². The van der Waals surface area contributed by atoms with Crippen molar-refractivity contribution in [1.82, 2.24) is 10.3 Å². The van der Waals surface area contributed by atoms with Gasteiger partial charge in [-0.2, -0.15) is 11.8 Å². The molecule has 2 aromatic rings. The molecule has 2 atom stereocenters. The lowest BCUT2D eigenvalue weighted by Crippen LogP contribution is -2.29. The van der Waals surface area contributed by atoms with Gasteiger partial charge in [0.2, 0.25) is 0 Å². The van der Waals surface area contributed by atoms with E-state index in [1.165, 1.54) is 21.9 Å². The van der Waals surface area contributed by atoms with E-state index in [-0.39, 0.29) is 0 Å². The van der Waals surface area contributed by atoms with Gasteiger partial charge < -0.3 is 5.32 Å². The first-order valence-corrected chi connectivity index (χ1v) is 8.66. The number of aromatic nitrogens is 1. The Hall–Kier alpha value is -0.840. The largest absolute Gasteiger partial charge is 0.309 e. The summed E-state index contributed by atoms with van der Waals surface area (Å²) in [6.45, 7) is 3.24. The predicted octanol–water partition coefficient (Wildman–Crippen LogP) is 3.82. The van der Waals surface area contributed by atoms with E-state index in [1.54, 1.807) is 11.3 Å². The zero-order chi connectivity index (χ0) is 13.1. The number of hydrogen-bond acceptors (Lipinski definition) is 4. The highest BCUT2D eigenvalue weighted by atomic mass is 32.2.